The molecule has 1 heterocycles. The second kappa shape index (κ2) is 5.78. The molecular weight excluding hydrogens is 198 g/mol. The molecule has 0 fully saturated rings. The van der Waals surface area contributed by atoms with E-state index in [-0.39, 0.29) is 5.97 Å². The topological polar surface area (TPSA) is 38.3 Å². The molecule has 0 aliphatic carbocycles. The van der Waals surface area contributed by atoms with Crippen LogP contribution in [-0.2, 0) is 9.53 Å². The van der Waals surface area contributed by atoms with Gasteiger partial charge in [-0.2, -0.15) is 0 Å². The highest BCUT2D eigenvalue weighted by atomic mass is 32.1. The molecule has 0 amide bonds. The fourth-order valence-electron chi connectivity index (χ4n) is 1.13. The molecule has 1 aromatic rings. The highest BCUT2D eigenvalue weighted by Gasteiger charge is 2.06. The quantitative estimate of drug-likeness (QED) is 0.760. The first-order valence-corrected chi connectivity index (χ1v) is 5.45. The Morgan fingerprint density at radius 3 is 3.07 bits per heavy atom. The zero-order valence-electron chi connectivity index (χ0n) is 8.45. The minimum atomic E-state index is -0.170. The summed E-state index contributed by atoms with van der Waals surface area (Å²) in [6, 6.07) is 4.42. The van der Waals surface area contributed by atoms with Crippen LogP contribution in [-0.4, -0.2) is 19.6 Å². The average molecular weight is 213 g/mol. The van der Waals surface area contributed by atoms with Crippen molar-refractivity contribution in [1.82, 2.24) is 5.32 Å². The zero-order valence-corrected chi connectivity index (χ0v) is 9.26. The monoisotopic (exact) mass is 213 g/mol. The van der Waals surface area contributed by atoms with Gasteiger partial charge in [-0.1, -0.05) is 6.07 Å². The standard InChI is InChI=1S/C10H15NO2S/c1-8(9-4-3-7-14-9)11-6-5-10(12)13-2/h3-4,7-8,11H,5-6H2,1-2H3. The van der Waals surface area contributed by atoms with Crippen LogP contribution < -0.4 is 5.32 Å². The van der Waals surface area contributed by atoms with Crippen LogP contribution >= 0.6 is 11.3 Å². The second-order valence-corrected chi connectivity index (χ2v) is 4.00. The molecule has 0 aromatic carbocycles. The summed E-state index contributed by atoms with van der Waals surface area (Å²) < 4.78 is 4.55. The second-order valence-electron chi connectivity index (χ2n) is 3.02. The Bertz CT molecular complexity index is 272. The summed E-state index contributed by atoms with van der Waals surface area (Å²) in [6.07, 6.45) is 0.423. The number of esters is 1. The molecule has 3 nitrogen and oxygen atoms in total. The van der Waals surface area contributed by atoms with Gasteiger partial charge in [0.2, 0.25) is 0 Å². The van der Waals surface area contributed by atoms with E-state index in [1.807, 2.05) is 11.4 Å². The summed E-state index contributed by atoms with van der Waals surface area (Å²) in [5.74, 6) is -0.170. The van der Waals surface area contributed by atoms with Crippen LogP contribution in [0.2, 0.25) is 0 Å². The van der Waals surface area contributed by atoms with E-state index in [1.165, 1.54) is 12.0 Å². The van der Waals surface area contributed by atoms with Crippen LogP contribution in [0, 0.1) is 0 Å². The van der Waals surface area contributed by atoms with Gasteiger partial charge in [0.15, 0.2) is 0 Å². The van der Waals surface area contributed by atoms with Crippen LogP contribution in [0.5, 0.6) is 0 Å². The van der Waals surface area contributed by atoms with Crippen LogP contribution in [0.3, 0.4) is 0 Å². The number of thiophene rings is 1. The molecule has 0 aliphatic rings. The molecular formula is C10H15NO2S. The molecule has 4 heteroatoms. The van der Waals surface area contributed by atoms with E-state index in [0.29, 0.717) is 19.0 Å². The highest BCUT2D eigenvalue weighted by Crippen LogP contribution is 2.17. The molecule has 0 bridgehead atoms. The Labute approximate surface area is 88.1 Å². The Morgan fingerprint density at radius 1 is 1.71 bits per heavy atom. The number of hydrogen-bond donors (Lipinski definition) is 1. The van der Waals surface area contributed by atoms with Gasteiger partial charge in [-0.3, -0.25) is 4.79 Å². The summed E-state index contributed by atoms with van der Waals surface area (Å²) in [5.41, 5.74) is 0. The molecule has 1 atom stereocenters. The molecule has 1 N–H and O–H groups in total. The van der Waals surface area contributed by atoms with Gasteiger partial charge in [0.25, 0.3) is 0 Å². The molecule has 0 radical (unpaired) electrons. The lowest BCUT2D eigenvalue weighted by Gasteiger charge is -2.10. The van der Waals surface area contributed by atoms with E-state index in [2.05, 4.69) is 23.0 Å². The van der Waals surface area contributed by atoms with E-state index in [4.69, 9.17) is 0 Å². The predicted octanol–water partition coefficient (Wildman–Crippen LogP) is 1.96. The summed E-state index contributed by atoms with van der Waals surface area (Å²) in [6.45, 7) is 2.74. The first kappa shape index (κ1) is 11.2. The van der Waals surface area contributed by atoms with Gasteiger partial charge in [0.05, 0.1) is 13.5 Å². The summed E-state index contributed by atoms with van der Waals surface area (Å²) in [5, 5.41) is 5.31. The molecule has 0 aliphatic heterocycles. The summed E-state index contributed by atoms with van der Waals surface area (Å²) in [7, 11) is 1.41. The van der Waals surface area contributed by atoms with E-state index >= 15 is 0 Å². The molecule has 1 rings (SSSR count). The maximum Gasteiger partial charge on any atom is 0.306 e. The van der Waals surface area contributed by atoms with E-state index < -0.39 is 0 Å². The molecule has 0 saturated carbocycles. The number of rotatable bonds is 5. The first-order valence-electron chi connectivity index (χ1n) is 4.57. The van der Waals surface area contributed by atoms with Crippen molar-refractivity contribution in [3.63, 3.8) is 0 Å². The van der Waals surface area contributed by atoms with E-state index in [1.54, 1.807) is 11.3 Å². The van der Waals surface area contributed by atoms with Crippen molar-refractivity contribution < 1.29 is 9.53 Å². The SMILES string of the molecule is COC(=O)CCNC(C)c1cccs1. The molecule has 14 heavy (non-hydrogen) atoms. The Hall–Kier alpha value is -0.870. The number of carbonyl (C=O) groups excluding carboxylic acids is 1. The van der Waals surface area contributed by atoms with Gasteiger partial charge in [0.1, 0.15) is 0 Å². The summed E-state index contributed by atoms with van der Waals surface area (Å²) >= 11 is 1.72. The van der Waals surface area contributed by atoms with Crippen molar-refractivity contribution >= 4 is 17.3 Å². The fourth-order valence-corrected chi connectivity index (χ4v) is 1.89. The van der Waals surface area contributed by atoms with E-state index in [9.17, 15) is 4.79 Å². The van der Waals surface area contributed by atoms with Crippen LogP contribution in [0.4, 0.5) is 0 Å². The minimum Gasteiger partial charge on any atom is -0.469 e. The number of hydrogen-bond acceptors (Lipinski definition) is 4. The normalized spacial score (nSPS) is 12.4. The predicted molar refractivity (Wildman–Crippen MR) is 57.4 cm³/mol. The number of ether oxygens (including phenoxy) is 1. The van der Waals surface area contributed by atoms with Gasteiger partial charge in [-0.15, -0.1) is 11.3 Å². The Morgan fingerprint density at radius 2 is 2.50 bits per heavy atom. The van der Waals surface area contributed by atoms with Gasteiger partial charge >= 0.3 is 5.97 Å². The van der Waals surface area contributed by atoms with E-state index in [0.717, 1.165) is 0 Å². The average Bonchev–Trinajstić information content (AvgIpc) is 2.70. The third-order valence-corrected chi connectivity index (χ3v) is 3.03. The molecule has 78 valence electrons. The molecule has 1 aromatic heterocycles. The largest absolute Gasteiger partial charge is 0.469 e. The number of nitrogens with one attached hydrogen (secondary N) is 1. The van der Waals surface area contributed by atoms with Gasteiger partial charge in [-0.25, -0.2) is 0 Å². The van der Waals surface area contributed by atoms with Crippen LogP contribution in [0.15, 0.2) is 17.5 Å². The van der Waals surface area contributed by atoms with Crippen molar-refractivity contribution in [2.45, 2.75) is 19.4 Å². The van der Waals surface area contributed by atoms with Crippen molar-refractivity contribution in [3.05, 3.63) is 22.4 Å². The van der Waals surface area contributed by atoms with Crippen molar-refractivity contribution in [2.24, 2.45) is 0 Å². The lowest BCUT2D eigenvalue weighted by molar-refractivity contribution is -0.140. The number of methoxy groups -OCH3 is 1. The lowest BCUT2D eigenvalue weighted by Crippen LogP contribution is -2.21. The minimum absolute atomic E-state index is 0.170. The zero-order chi connectivity index (χ0) is 10.4. The highest BCUT2D eigenvalue weighted by molar-refractivity contribution is 7.10. The first-order chi connectivity index (χ1) is 6.74. The fraction of sp³-hybridized carbons (Fsp3) is 0.500. The Kier molecular flexibility index (Phi) is 4.62. The number of carbonyl (C=O) groups is 1. The molecule has 0 saturated heterocycles. The lowest BCUT2D eigenvalue weighted by atomic mass is 10.2. The summed E-state index contributed by atoms with van der Waals surface area (Å²) in [4.78, 5) is 12.1. The van der Waals surface area contributed by atoms with Crippen molar-refractivity contribution in [1.29, 1.82) is 0 Å². The van der Waals surface area contributed by atoms with Gasteiger partial charge in [-0.05, 0) is 18.4 Å². The Balaban J connectivity index is 2.22. The van der Waals surface area contributed by atoms with Gasteiger partial charge in [0, 0.05) is 17.5 Å². The van der Waals surface area contributed by atoms with Crippen LogP contribution in [0.25, 0.3) is 0 Å². The van der Waals surface area contributed by atoms with Crippen molar-refractivity contribution in [3.8, 4) is 0 Å². The smallest absolute Gasteiger partial charge is 0.306 e. The van der Waals surface area contributed by atoms with Crippen LogP contribution in [0.1, 0.15) is 24.3 Å². The molecule has 0 spiro atoms. The third kappa shape index (κ3) is 3.47. The maximum absolute atomic E-state index is 10.8. The van der Waals surface area contributed by atoms with Crippen molar-refractivity contribution in [2.75, 3.05) is 13.7 Å². The molecule has 1 unspecified atom stereocenters. The maximum atomic E-state index is 10.8. The third-order valence-electron chi connectivity index (χ3n) is 1.98. The van der Waals surface area contributed by atoms with Gasteiger partial charge < -0.3 is 10.1 Å².